The minimum atomic E-state index is -0.0418. The zero-order valence-corrected chi connectivity index (χ0v) is 14.5. The van der Waals surface area contributed by atoms with Crippen molar-refractivity contribution >= 4 is 17.5 Å². The molecule has 5 nitrogen and oxygen atoms in total. The molecular weight excluding hydrogens is 300 g/mol. The van der Waals surface area contributed by atoms with Crippen LogP contribution in [0.3, 0.4) is 0 Å². The third-order valence-corrected chi connectivity index (χ3v) is 3.71. The van der Waals surface area contributed by atoms with Crippen LogP contribution >= 0.6 is 0 Å². The smallest absolute Gasteiger partial charge is 0.225 e. The van der Waals surface area contributed by atoms with Gasteiger partial charge in [0.05, 0.1) is 0 Å². The molecule has 0 saturated carbocycles. The van der Waals surface area contributed by atoms with Gasteiger partial charge in [0.2, 0.25) is 5.91 Å². The molecule has 0 spiro atoms. The Bertz CT molecular complexity index is 607. The minimum Gasteiger partial charge on any atom is -0.355 e. The van der Waals surface area contributed by atoms with Crippen molar-refractivity contribution in [1.82, 2.24) is 10.2 Å². The zero-order chi connectivity index (χ0) is 17.2. The molecule has 128 valence electrons. The van der Waals surface area contributed by atoms with Crippen LogP contribution in [0.1, 0.15) is 38.7 Å². The molecule has 1 amide bonds. The first-order chi connectivity index (χ1) is 11.7. The van der Waals surface area contributed by atoms with E-state index in [1.165, 1.54) is 0 Å². The molecule has 1 N–H and O–H groups in total. The number of nitrogens with one attached hydrogen (secondary N) is 1. The van der Waals surface area contributed by atoms with Crippen LogP contribution in [0.25, 0.3) is 0 Å². The van der Waals surface area contributed by atoms with Crippen molar-refractivity contribution in [2.75, 3.05) is 23.3 Å². The lowest BCUT2D eigenvalue weighted by Gasteiger charge is -2.21. The van der Waals surface area contributed by atoms with Crippen molar-refractivity contribution in [2.24, 2.45) is 0 Å². The first-order valence-electron chi connectivity index (χ1n) is 8.65. The largest absolute Gasteiger partial charge is 0.355 e. The monoisotopic (exact) mass is 326 g/mol. The van der Waals surface area contributed by atoms with Crippen LogP contribution in [-0.4, -0.2) is 29.2 Å². The lowest BCUT2D eigenvalue weighted by molar-refractivity contribution is -0.116. The molecule has 0 saturated heterocycles. The first-order valence-corrected chi connectivity index (χ1v) is 8.65. The molecule has 0 atom stereocenters. The SMILES string of the molecule is CCCN(CCC)c1ccc(NC(=O)CCc2ccccc2)nn1. The van der Waals surface area contributed by atoms with Gasteiger partial charge in [0, 0.05) is 19.5 Å². The first kappa shape index (κ1) is 17.9. The normalized spacial score (nSPS) is 10.4. The Morgan fingerprint density at radius 2 is 1.71 bits per heavy atom. The van der Waals surface area contributed by atoms with Gasteiger partial charge >= 0.3 is 0 Å². The van der Waals surface area contributed by atoms with Gasteiger partial charge in [-0.15, -0.1) is 10.2 Å². The topological polar surface area (TPSA) is 58.1 Å². The number of aryl methyl sites for hydroxylation is 1. The summed E-state index contributed by atoms with van der Waals surface area (Å²) in [5, 5.41) is 11.2. The molecule has 2 aromatic rings. The number of anilines is 2. The average molecular weight is 326 g/mol. The second-order valence-corrected chi connectivity index (χ2v) is 5.80. The standard InChI is InChI=1S/C19H26N4O/c1-3-14-23(15-4-2)18-12-11-17(21-22-18)20-19(24)13-10-16-8-6-5-7-9-16/h5-9,11-12H,3-4,10,13-15H2,1-2H3,(H,20,21,24). The summed E-state index contributed by atoms with van der Waals surface area (Å²) in [6.45, 7) is 6.23. The summed E-state index contributed by atoms with van der Waals surface area (Å²) < 4.78 is 0. The highest BCUT2D eigenvalue weighted by atomic mass is 16.1. The fraction of sp³-hybridized carbons (Fsp3) is 0.421. The van der Waals surface area contributed by atoms with Crippen molar-refractivity contribution in [3.8, 4) is 0 Å². The summed E-state index contributed by atoms with van der Waals surface area (Å²) >= 11 is 0. The molecule has 0 aliphatic heterocycles. The number of hydrogen-bond acceptors (Lipinski definition) is 4. The summed E-state index contributed by atoms with van der Waals surface area (Å²) in [6, 6.07) is 13.7. The molecular formula is C19H26N4O. The minimum absolute atomic E-state index is 0.0418. The van der Waals surface area contributed by atoms with Crippen LogP contribution in [0, 0.1) is 0 Å². The molecule has 0 bridgehead atoms. The highest BCUT2D eigenvalue weighted by molar-refractivity contribution is 5.89. The Labute approximate surface area is 144 Å². The van der Waals surface area contributed by atoms with E-state index < -0.39 is 0 Å². The molecule has 0 aliphatic rings. The maximum atomic E-state index is 12.0. The number of aromatic nitrogens is 2. The van der Waals surface area contributed by atoms with E-state index in [1.54, 1.807) is 0 Å². The fourth-order valence-corrected chi connectivity index (χ4v) is 2.55. The fourth-order valence-electron chi connectivity index (χ4n) is 2.55. The molecule has 1 aromatic carbocycles. The summed E-state index contributed by atoms with van der Waals surface area (Å²) in [5.41, 5.74) is 1.16. The van der Waals surface area contributed by atoms with E-state index in [0.717, 1.165) is 43.7 Å². The van der Waals surface area contributed by atoms with Crippen molar-refractivity contribution < 1.29 is 4.79 Å². The van der Waals surface area contributed by atoms with Crippen LogP contribution < -0.4 is 10.2 Å². The predicted molar refractivity (Wildman–Crippen MR) is 98.2 cm³/mol. The third-order valence-electron chi connectivity index (χ3n) is 3.71. The molecule has 24 heavy (non-hydrogen) atoms. The Morgan fingerprint density at radius 1 is 1.00 bits per heavy atom. The van der Waals surface area contributed by atoms with E-state index in [-0.39, 0.29) is 5.91 Å². The maximum absolute atomic E-state index is 12.0. The number of rotatable bonds is 9. The molecule has 1 aromatic heterocycles. The summed E-state index contributed by atoms with van der Waals surface area (Å²) in [6.07, 6.45) is 3.30. The summed E-state index contributed by atoms with van der Waals surface area (Å²) in [5.74, 6) is 1.32. The van der Waals surface area contributed by atoms with Crippen molar-refractivity contribution in [1.29, 1.82) is 0 Å². The van der Waals surface area contributed by atoms with Crippen molar-refractivity contribution in [2.45, 2.75) is 39.5 Å². The van der Waals surface area contributed by atoms with Gasteiger partial charge < -0.3 is 10.2 Å². The van der Waals surface area contributed by atoms with Crippen LogP contribution in [0.15, 0.2) is 42.5 Å². The molecule has 1 heterocycles. The Kier molecular flexibility index (Phi) is 7.21. The van der Waals surface area contributed by atoms with Gasteiger partial charge in [0.15, 0.2) is 11.6 Å². The number of carbonyl (C=O) groups is 1. The van der Waals surface area contributed by atoms with E-state index in [4.69, 9.17) is 0 Å². The van der Waals surface area contributed by atoms with Gasteiger partial charge in [-0.1, -0.05) is 44.2 Å². The van der Waals surface area contributed by atoms with E-state index in [2.05, 4.69) is 34.3 Å². The molecule has 0 radical (unpaired) electrons. The van der Waals surface area contributed by atoms with Crippen LogP contribution in [0.5, 0.6) is 0 Å². The van der Waals surface area contributed by atoms with Gasteiger partial charge in [-0.3, -0.25) is 4.79 Å². The predicted octanol–water partition coefficient (Wildman–Crippen LogP) is 3.67. The van der Waals surface area contributed by atoms with E-state index >= 15 is 0 Å². The quantitative estimate of drug-likeness (QED) is 0.764. The van der Waals surface area contributed by atoms with Crippen LogP contribution in [0.4, 0.5) is 11.6 Å². The Morgan fingerprint density at radius 3 is 2.29 bits per heavy atom. The van der Waals surface area contributed by atoms with Crippen LogP contribution in [0.2, 0.25) is 0 Å². The maximum Gasteiger partial charge on any atom is 0.225 e. The molecule has 0 unspecified atom stereocenters. The molecule has 0 aliphatic carbocycles. The number of nitrogens with zero attached hydrogens (tertiary/aromatic N) is 3. The molecule has 2 rings (SSSR count). The number of hydrogen-bond donors (Lipinski definition) is 1. The van der Waals surface area contributed by atoms with Gasteiger partial charge in [-0.2, -0.15) is 0 Å². The number of benzene rings is 1. The van der Waals surface area contributed by atoms with Gasteiger partial charge in [0.25, 0.3) is 0 Å². The van der Waals surface area contributed by atoms with E-state index in [9.17, 15) is 4.79 Å². The van der Waals surface area contributed by atoms with Gasteiger partial charge in [0.1, 0.15) is 0 Å². The van der Waals surface area contributed by atoms with Crippen molar-refractivity contribution in [3.63, 3.8) is 0 Å². The van der Waals surface area contributed by atoms with E-state index in [1.807, 2.05) is 42.5 Å². The molecule has 0 fully saturated rings. The summed E-state index contributed by atoms with van der Waals surface area (Å²) in [4.78, 5) is 14.2. The lowest BCUT2D eigenvalue weighted by atomic mass is 10.1. The Hall–Kier alpha value is -2.43. The number of amides is 1. The number of carbonyl (C=O) groups excluding carboxylic acids is 1. The molecule has 5 heteroatoms. The second-order valence-electron chi connectivity index (χ2n) is 5.80. The highest BCUT2D eigenvalue weighted by Crippen LogP contribution is 2.13. The average Bonchev–Trinajstić information content (AvgIpc) is 2.61. The van der Waals surface area contributed by atoms with Crippen LogP contribution in [-0.2, 0) is 11.2 Å². The summed E-state index contributed by atoms with van der Waals surface area (Å²) in [7, 11) is 0. The van der Waals surface area contributed by atoms with Gasteiger partial charge in [-0.05, 0) is 37.0 Å². The van der Waals surface area contributed by atoms with Gasteiger partial charge in [-0.25, -0.2) is 0 Å². The second kappa shape index (κ2) is 9.65. The third kappa shape index (κ3) is 5.65. The van der Waals surface area contributed by atoms with Crippen molar-refractivity contribution in [3.05, 3.63) is 48.0 Å². The lowest BCUT2D eigenvalue weighted by Crippen LogP contribution is -2.26. The Balaban J connectivity index is 1.87. The zero-order valence-electron chi connectivity index (χ0n) is 14.5. The van der Waals surface area contributed by atoms with E-state index in [0.29, 0.717) is 12.2 Å². The highest BCUT2D eigenvalue weighted by Gasteiger charge is 2.08.